The highest BCUT2D eigenvalue weighted by Gasteiger charge is 2.04. The Morgan fingerprint density at radius 3 is 2.17 bits per heavy atom. The van der Waals surface area contributed by atoms with Crippen molar-refractivity contribution in [1.82, 2.24) is 0 Å². The third-order valence-corrected chi connectivity index (χ3v) is 3.65. The Bertz CT molecular complexity index is 502. The van der Waals surface area contributed by atoms with Crippen LogP contribution in [0.15, 0.2) is 64.4 Å². The highest BCUT2D eigenvalue weighted by Crippen LogP contribution is 2.27. The standard InChI is InChI=1S/C16H16OS/c1-2-6-16(17)13-9-11-15(12-10-13)18-14-7-4-3-5-8-14/h3-5,7-12H,2,6H2,1H3. The third-order valence-electron chi connectivity index (χ3n) is 2.63. The molecule has 0 unspecified atom stereocenters. The Hall–Kier alpha value is -1.54. The number of carbonyl (C=O) groups excluding carboxylic acids is 1. The Kier molecular flexibility index (Phi) is 4.59. The number of rotatable bonds is 5. The van der Waals surface area contributed by atoms with E-state index < -0.39 is 0 Å². The molecular formula is C16H16OS. The topological polar surface area (TPSA) is 17.1 Å². The average molecular weight is 256 g/mol. The molecule has 2 rings (SSSR count). The van der Waals surface area contributed by atoms with Crippen molar-refractivity contribution in [2.75, 3.05) is 0 Å². The fraction of sp³-hybridized carbons (Fsp3) is 0.188. The zero-order valence-electron chi connectivity index (χ0n) is 10.4. The minimum absolute atomic E-state index is 0.230. The van der Waals surface area contributed by atoms with E-state index >= 15 is 0 Å². The molecule has 2 aromatic carbocycles. The Labute approximate surface area is 112 Å². The van der Waals surface area contributed by atoms with E-state index in [1.165, 1.54) is 4.90 Å². The van der Waals surface area contributed by atoms with Crippen molar-refractivity contribution in [3.05, 3.63) is 60.2 Å². The van der Waals surface area contributed by atoms with E-state index in [1.54, 1.807) is 11.8 Å². The zero-order chi connectivity index (χ0) is 12.8. The maximum absolute atomic E-state index is 11.7. The molecule has 0 heterocycles. The summed E-state index contributed by atoms with van der Waals surface area (Å²) in [6, 6.07) is 18.1. The highest BCUT2D eigenvalue weighted by molar-refractivity contribution is 7.99. The molecule has 0 N–H and O–H groups in total. The Balaban J connectivity index is 2.06. The van der Waals surface area contributed by atoms with Gasteiger partial charge in [0.25, 0.3) is 0 Å². The van der Waals surface area contributed by atoms with Gasteiger partial charge in [0.2, 0.25) is 0 Å². The molecule has 1 nitrogen and oxygen atoms in total. The van der Waals surface area contributed by atoms with Crippen molar-refractivity contribution in [1.29, 1.82) is 0 Å². The molecule has 0 aromatic heterocycles. The fourth-order valence-corrected chi connectivity index (χ4v) is 2.54. The summed E-state index contributed by atoms with van der Waals surface area (Å²) in [6.45, 7) is 2.03. The molecule has 0 aliphatic carbocycles. The SMILES string of the molecule is CCCC(=O)c1ccc(Sc2ccccc2)cc1. The van der Waals surface area contributed by atoms with Gasteiger partial charge in [-0.3, -0.25) is 4.79 Å². The van der Waals surface area contributed by atoms with Crippen LogP contribution in [0.1, 0.15) is 30.1 Å². The Morgan fingerprint density at radius 2 is 1.56 bits per heavy atom. The molecule has 2 heteroatoms. The van der Waals surface area contributed by atoms with Crippen LogP contribution in [0.5, 0.6) is 0 Å². The first-order chi connectivity index (χ1) is 8.79. The molecule has 0 amide bonds. The number of benzene rings is 2. The molecule has 0 spiro atoms. The van der Waals surface area contributed by atoms with Crippen molar-refractivity contribution in [3.8, 4) is 0 Å². The summed E-state index contributed by atoms with van der Waals surface area (Å²) in [4.78, 5) is 14.1. The van der Waals surface area contributed by atoms with Crippen molar-refractivity contribution in [3.63, 3.8) is 0 Å². The van der Waals surface area contributed by atoms with Crippen LogP contribution in [0.4, 0.5) is 0 Å². The number of hydrogen-bond acceptors (Lipinski definition) is 2. The van der Waals surface area contributed by atoms with E-state index in [9.17, 15) is 4.79 Å². The van der Waals surface area contributed by atoms with Gasteiger partial charge in [-0.05, 0) is 30.7 Å². The lowest BCUT2D eigenvalue weighted by Crippen LogP contribution is -1.97. The van der Waals surface area contributed by atoms with E-state index in [0.717, 1.165) is 16.9 Å². The fourth-order valence-electron chi connectivity index (χ4n) is 1.70. The summed E-state index contributed by atoms with van der Waals surface area (Å²) in [7, 11) is 0. The smallest absolute Gasteiger partial charge is 0.162 e. The third kappa shape index (κ3) is 3.47. The molecule has 18 heavy (non-hydrogen) atoms. The summed E-state index contributed by atoms with van der Waals surface area (Å²) < 4.78 is 0. The molecule has 0 saturated heterocycles. The molecule has 0 aliphatic rings. The summed E-state index contributed by atoms with van der Waals surface area (Å²) in [5.74, 6) is 0.230. The molecule has 0 atom stereocenters. The van der Waals surface area contributed by atoms with Gasteiger partial charge in [0.1, 0.15) is 0 Å². The average Bonchev–Trinajstić information content (AvgIpc) is 2.41. The van der Waals surface area contributed by atoms with Gasteiger partial charge in [0.05, 0.1) is 0 Å². The first kappa shape index (κ1) is 12.9. The van der Waals surface area contributed by atoms with Crippen molar-refractivity contribution < 1.29 is 4.79 Å². The molecule has 0 aliphatic heterocycles. The lowest BCUT2D eigenvalue weighted by molar-refractivity contribution is 0.0981. The van der Waals surface area contributed by atoms with Crippen molar-refractivity contribution in [2.45, 2.75) is 29.6 Å². The highest BCUT2D eigenvalue weighted by atomic mass is 32.2. The van der Waals surface area contributed by atoms with Crippen LogP contribution in [0.3, 0.4) is 0 Å². The summed E-state index contributed by atoms with van der Waals surface area (Å²) in [5, 5.41) is 0. The molecule has 0 radical (unpaired) electrons. The summed E-state index contributed by atoms with van der Waals surface area (Å²) in [6.07, 6.45) is 1.53. The van der Waals surface area contributed by atoms with E-state index in [4.69, 9.17) is 0 Å². The molecule has 0 saturated carbocycles. The van der Waals surface area contributed by atoms with E-state index in [2.05, 4.69) is 12.1 Å². The maximum Gasteiger partial charge on any atom is 0.162 e. The number of hydrogen-bond donors (Lipinski definition) is 0. The minimum Gasteiger partial charge on any atom is -0.294 e. The second kappa shape index (κ2) is 6.41. The number of ketones is 1. The van der Waals surface area contributed by atoms with Gasteiger partial charge in [-0.25, -0.2) is 0 Å². The number of Topliss-reactive ketones (excluding diaryl/α,β-unsaturated/α-hetero) is 1. The van der Waals surface area contributed by atoms with Crippen LogP contribution in [-0.2, 0) is 0 Å². The molecule has 0 fully saturated rings. The van der Waals surface area contributed by atoms with Gasteiger partial charge >= 0.3 is 0 Å². The van der Waals surface area contributed by atoms with E-state index in [1.807, 2.05) is 49.4 Å². The van der Waals surface area contributed by atoms with E-state index in [0.29, 0.717) is 6.42 Å². The van der Waals surface area contributed by atoms with Crippen molar-refractivity contribution >= 4 is 17.5 Å². The molecule has 2 aromatic rings. The maximum atomic E-state index is 11.7. The minimum atomic E-state index is 0.230. The van der Waals surface area contributed by atoms with Gasteiger partial charge in [0.15, 0.2) is 5.78 Å². The van der Waals surface area contributed by atoms with Crippen LogP contribution >= 0.6 is 11.8 Å². The first-order valence-corrected chi connectivity index (χ1v) is 6.97. The van der Waals surface area contributed by atoms with Crippen molar-refractivity contribution in [2.24, 2.45) is 0 Å². The second-order valence-corrected chi connectivity index (χ2v) is 5.26. The summed E-state index contributed by atoms with van der Waals surface area (Å²) >= 11 is 1.71. The van der Waals surface area contributed by atoms with Crippen LogP contribution in [0.25, 0.3) is 0 Å². The van der Waals surface area contributed by atoms with Gasteiger partial charge in [-0.2, -0.15) is 0 Å². The quantitative estimate of drug-likeness (QED) is 0.713. The zero-order valence-corrected chi connectivity index (χ0v) is 11.2. The van der Waals surface area contributed by atoms with Crippen LogP contribution in [0, 0.1) is 0 Å². The molecule has 0 bridgehead atoms. The lowest BCUT2D eigenvalue weighted by Gasteiger charge is -2.03. The number of carbonyl (C=O) groups is 1. The predicted octanol–water partition coefficient (Wildman–Crippen LogP) is 4.82. The van der Waals surface area contributed by atoms with E-state index in [-0.39, 0.29) is 5.78 Å². The lowest BCUT2D eigenvalue weighted by atomic mass is 10.1. The largest absolute Gasteiger partial charge is 0.294 e. The monoisotopic (exact) mass is 256 g/mol. The van der Waals surface area contributed by atoms with Crippen LogP contribution < -0.4 is 0 Å². The summed E-state index contributed by atoms with van der Waals surface area (Å²) in [5.41, 5.74) is 0.814. The van der Waals surface area contributed by atoms with Gasteiger partial charge in [0, 0.05) is 21.8 Å². The normalized spacial score (nSPS) is 10.3. The molecule has 92 valence electrons. The predicted molar refractivity (Wildman–Crippen MR) is 76.2 cm³/mol. The van der Waals surface area contributed by atoms with Gasteiger partial charge in [-0.15, -0.1) is 0 Å². The van der Waals surface area contributed by atoms with Gasteiger partial charge in [-0.1, -0.05) is 49.0 Å². The molecular weight excluding hydrogens is 240 g/mol. The first-order valence-electron chi connectivity index (χ1n) is 6.16. The van der Waals surface area contributed by atoms with Crippen LogP contribution in [-0.4, -0.2) is 5.78 Å². The van der Waals surface area contributed by atoms with Crippen LogP contribution in [0.2, 0.25) is 0 Å². The second-order valence-electron chi connectivity index (χ2n) is 4.11. The Morgan fingerprint density at radius 1 is 0.944 bits per heavy atom. The van der Waals surface area contributed by atoms with Gasteiger partial charge < -0.3 is 0 Å².